The van der Waals surface area contributed by atoms with E-state index in [-0.39, 0.29) is 6.04 Å². The Hall–Kier alpha value is -1.37. The van der Waals surface area contributed by atoms with Gasteiger partial charge in [0.2, 0.25) is 0 Å². The Bertz CT molecular complexity index is 405. The topological polar surface area (TPSA) is 45.0 Å². The van der Waals surface area contributed by atoms with Crippen molar-refractivity contribution in [3.8, 4) is 6.07 Å². The van der Waals surface area contributed by atoms with Crippen LogP contribution in [-0.4, -0.2) is 6.10 Å². The molecule has 3 nitrogen and oxygen atoms in total. The van der Waals surface area contributed by atoms with E-state index in [1.165, 1.54) is 12.8 Å². The van der Waals surface area contributed by atoms with Crippen LogP contribution in [-0.2, 0) is 4.84 Å². The Morgan fingerprint density at radius 3 is 2.88 bits per heavy atom. The molecule has 1 saturated carbocycles. The van der Waals surface area contributed by atoms with Gasteiger partial charge in [0.05, 0.1) is 23.8 Å². The molecule has 0 aliphatic heterocycles. The van der Waals surface area contributed by atoms with E-state index in [1.54, 1.807) is 0 Å². The first-order valence-electron chi connectivity index (χ1n) is 6.21. The van der Waals surface area contributed by atoms with Gasteiger partial charge in [-0.3, -0.25) is 4.84 Å². The van der Waals surface area contributed by atoms with Gasteiger partial charge >= 0.3 is 0 Å². The molecule has 1 N–H and O–H groups in total. The van der Waals surface area contributed by atoms with Crippen LogP contribution >= 0.6 is 0 Å². The summed E-state index contributed by atoms with van der Waals surface area (Å²) in [5, 5.41) is 8.84. The van der Waals surface area contributed by atoms with Gasteiger partial charge in [0, 0.05) is 0 Å². The second-order valence-corrected chi connectivity index (χ2v) is 4.60. The van der Waals surface area contributed by atoms with Gasteiger partial charge in [0.1, 0.15) is 0 Å². The van der Waals surface area contributed by atoms with Crippen molar-refractivity contribution in [2.45, 2.75) is 44.8 Å². The van der Waals surface area contributed by atoms with Gasteiger partial charge in [-0.15, -0.1) is 0 Å². The molecule has 1 unspecified atom stereocenters. The van der Waals surface area contributed by atoms with Crippen LogP contribution in [0.4, 0.5) is 0 Å². The van der Waals surface area contributed by atoms with Crippen LogP contribution in [0.2, 0.25) is 0 Å². The number of nitriles is 1. The lowest BCUT2D eigenvalue weighted by Gasteiger charge is -2.17. The van der Waals surface area contributed by atoms with E-state index in [4.69, 9.17) is 10.1 Å². The zero-order valence-electron chi connectivity index (χ0n) is 10.1. The summed E-state index contributed by atoms with van der Waals surface area (Å²) in [5.74, 6) is 0. The van der Waals surface area contributed by atoms with Crippen LogP contribution in [0.25, 0.3) is 0 Å². The van der Waals surface area contributed by atoms with Crippen LogP contribution in [0.15, 0.2) is 24.3 Å². The molecule has 1 aliphatic carbocycles. The molecular formula is C14H18N2O. The molecule has 17 heavy (non-hydrogen) atoms. The average molecular weight is 230 g/mol. The fourth-order valence-electron chi connectivity index (χ4n) is 2.15. The van der Waals surface area contributed by atoms with Gasteiger partial charge in [-0.05, 0) is 37.5 Å². The van der Waals surface area contributed by atoms with E-state index in [0.29, 0.717) is 11.7 Å². The Kier molecular flexibility index (Phi) is 4.13. The summed E-state index contributed by atoms with van der Waals surface area (Å²) in [4.78, 5) is 5.66. The fraction of sp³-hybridized carbons (Fsp3) is 0.500. The van der Waals surface area contributed by atoms with Crippen molar-refractivity contribution in [2.75, 3.05) is 0 Å². The Morgan fingerprint density at radius 1 is 1.41 bits per heavy atom. The molecule has 3 heteroatoms. The minimum Gasteiger partial charge on any atom is -0.298 e. The van der Waals surface area contributed by atoms with Crippen LogP contribution in [0.5, 0.6) is 0 Å². The predicted octanol–water partition coefficient (Wildman–Crippen LogP) is 3.08. The third-order valence-corrected chi connectivity index (χ3v) is 3.23. The molecule has 0 saturated heterocycles. The summed E-state index contributed by atoms with van der Waals surface area (Å²) < 4.78 is 0. The lowest BCUT2D eigenvalue weighted by molar-refractivity contribution is -0.0376. The third-order valence-electron chi connectivity index (χ3n) is 3.23. The van der Waals surface area contributed by atoms with E-state index in [1.807, 2.05) is 31.2 Å². The summed E-state index contributed by atoms with van der Waals surface area (Å²) in [5.41, 5.74) is 4.86. The monoisotopic (exact) mass is 230 g/mol. The molecule has 1 aromatic carbocycles. The maximum Gasteiger partial charge on any atom is 0.0991 e. The van der Waals surface area contributed by atoms with E-state index in [9.17, 15) is 0 Å². The van der Waals surface area contributed by atoms with Gasteiger partial charge in [-0.25, -0.2) is 0 Å². The highest BCUT2D eigenvalue weighted by atomic mass is 16.7. The molecule has 0 amide bonds. The largest absolute Gasteiger partial charge is 0.298 e. The lowest BCUT2D eigenvalue weighted by atomic mass is 10.1. The molecule has 90 valence electrons. The summed E-state index contributed by atoms with van der Waals surface area (Å²) in [6, 6.07) is 9.89. The van der Waals surface area contributed by atoms with Crippen molar-refractivity contribution in [1.29, 1.82) is 5.26 Å². The van der Waals surface area contributed by atoms with Crippen molar-refractivity contribution in [2.24, 2.45) is 0 Å². The fourth-order valence-corrected chi connectivity index (χ4v) is 2.15. The average Bonchev–Trinajstić information content (AvgIpc) is 2.89. The van der Waals surface area contributed by atoms with E-state index >= 15 is 0 Å². The summed E-state index contributed by atoms with van der Waals surface area (Å²) in [6.45, 7) is 2.05. The standard InChI is InChI=1S/C14H18N2O/c1-11(16-17-14-7-2-3-8-14)13-6-4-5-12(9-13)10-15/h4-6,9,11,14,16H,2-3,7-8H2,1H3. The Balaban J connectivity index is 1.89. The number of hydrogen-bond donors (Lipinski definition) is 1. The van der Waals surface area contributed by atoms with E-state index in [2.05, 4.69) is 11.5 Å². The molecule has 0 radical (unpaired) electrons. The molecule has 1 aliphatic rings. The van der Waals surface area contributed by atoms with Crippen molar-refractivity contribution < 1.29 is 4.84 Å². The maximum atomic E-state index is 8.84. The molecule has 0 heterocycles. The maximum absolute atomic E-state index is 8.84. The van der Waals surface area contributed by atoms with Crippen molar-refractivity contribution >= 4 is 0 Å². The van der Waals surface area contributed by atoms with Gasteiger partial charge < -0.3 is 0 Å². The minimum atomic E-state index is 0.115. The van der Waals surface area contributed by atoms with Crippen LogP contribution in [0, 0.1) is 11.3 Å². The van der Waals surface area contributed by atoms with E-state index < -0.39 is 0 Å². The first-order chi connectivity index (χ1) is 8.29. The summed E-state index contributed by atoms with van der Waals surface area (Å²) in [6.07, 6.45) is 5.20. The van der Waals surface area contributed by atoms with Gasteiger partial charge in [-0.1, -0.05) is 25.0 Å². The quantitative estimate of drug-likeness (QED) is 0.808. The van der Waals surface area contributed by atoms with Gasteiger partial charge in [0.15, 0.2) is 0 Å². The van der Waals surface area contributed by atoms with Crippen LogP contribution < -0.4 is 5.48 Å². The molecule has 0 bridgehead atoms. The highest BCUT2D eigenvalue weighted by Crippen LogP contribution is 2.21. The number of benzene rings is 1. The first kappa shape index (κ1) is 12.1. The minimum absolute atomic E-state index is 0.115. The number of hydrogen-bond acceptors (Lipinski definition) is 3. The molecular weight excluding hydrogens is 212 g/mol. The number of hydroxylamine groups is 1. The highest BCUT2D eigenvalue weighted by molar-refractivity contribution is 5.33. The van der Waals surface area contributed by atoms with Gasteiger partial charge in [-0.2, -0.15) is 10.7 Å². The molecule has 0 aromatic heterocycles. The lowest BCUT2D eigenvalue weighted by Crippen LogP contribution is -2.24. The molecule has 0 spiro atoms. The molecule has 1 fully saturated rings. The number of nitrogens with zero attached hydrogens (tertiary/aromatic N) is 1. The normalized spacial score (nSPS) is 17.9. The second kappa shape index (κ2) is 5.81. The smallest absolute Gasteiger partial charge is 0.0991 e. The summed E-state index contributed by atoms with van der Waals surface area (Å²) in [7, 11) is 0. The highest BCUT2D eigenvalue weighted by Gasteiger charge is 2.16. The third kappa shape index (κ3) is 3.29. The number of rotatable bonds is 4. The summed E-state index contributed by atoms with van der Waals surface area (Å²) >= 11 is 0. The molecule has 1 atom stereocenters. The Morgan fingerprint density at radius 2 is 2.18 bits per heavy atom. The van der Waals surface area contributed by atoms with Crippen molar-refractivity contribution in [1.82, 2.24) is 5.48 Å². The Labute approximate surface area is 102 Å². The van der Waals surface area contributed by atoms with E-state index in [0.717, 1.165) is 18.4 Å². The molecule has 1 aromatic rings. The molecule has 2 rings (SSSR count). The SMILES string of the molecule is CC(NOC1CCCC1)c1cccc(C#N)c1. The predicted molar refractivity (Wildman–Crippen MR) is 66.0 cm³/mol. The zero-order valence-corrected chi connectivity index (χ0v) is 10.1. The number of nitrogens with one attached hydrogen (secondary N) is 1. The zero-order chi connectivity index (χ0) is 12.1. The second-order valence-electron chi connectivity index (χ2n) is 4.60. The first-order valence-corrected chi connectivity index (χ1v) is 6.21. The van der Waals surface area contributed by atoms with Crippen molar-refractivity contribution in [3.63, 3.8) is 0 Å². The van der Waals surface area contributed by atoms with Gasteiger partial charge in [0.25, 0.3) is 0 Å². The van der Waals surface area contributed by atoms with Crippen LogP contribution in [0.3, 0.4) is 0 Å². The van der Waals surface area contributed by atoms with Crippen molar-refractivity contribution in [3.05, 3.63) is 35.4 Å². The van der Waals surface area contributed by atoms with Crippen LogP contribution in [0.1, 0.15) is 49.8 Å².